The van der Waals surface area contributed by atoms with Gasteiger partial charge in [-0.15, -0.1) is 0 Å². The molecule has 22 heavy (non-hydrogen) atoms. The van der Waals surface area contributed by atoms with Gasteiger partial charge in [0.15, 0.2) is 0 Å². The van der Waals surface area contributed by atoms with Crippen molar-refractivity contribution in [1.82, 2.24) is 0 Å². The Morgan fingerprint density at radius 2 is 1.64 bits per heavy atom. The minimum atomic E-state index is -2.73. The molecule has 0 atom stereocenters. The van der Waals surface area contributed by atoms with Crippen LogP contribution in [0.15, 0.2) is 35.3 Å². The number of benzene rings is 1. The van der Waals surface area contributed by atoms with E-state index in [1.807, 2.05) is 46.4 Å². The summed E-state index contributed by atoms with van der Waals surface area (Å²) in [6.45, 7) is 4.48. The molecule has 0 saturated heterocycles. The third-order valence-electron chi connectivity index (χ3n) is 3.62. The zero-order valence-corrected chi connectivity index (χ0v) is 18.0. The van der Waals surface area contributed by atoms with E-state index < -0.39 is 17.4 Å². The molecule has 0 saturated carbocycles. The average molecular weight is 430 g/mol. The molecule has 0 amide bonds. The van der Waals surface area contributed by atoms with Gasteiger partial charge in [-0.05, 0) is 0 Å². The van der Waals surface area contributed by atoms with E-state index in [-0.39, 0.29) is 0 Å². The second kappa shape index (κ2) is 11.4. The van der Waals surface area contributed by atoms with Crippen molar-refractivity contribution in [2.45, 2.75) is 48.4 Å². The number of para-hydroxylation sites is 1. The van der Waals surface area contributed by atoms with Crippen LogP contribution in [0.3, 0.4) is 0 Å². The van der Waals surface area contributed by atoms with Crippen molar-refractivity contribution in [2.75, 3.05) is 14.2 Å². The average Bonchev–Trinajstić information content (AvgIpc) is 2.57. The molecule has 1 aromatic rings. The summed E-state index contributed by atoms with van der Waals surface area (Å²) < 4.78 is 14.1. The molecule has 0 aliphatic rings. The van der Waals surface area contributed by atoms with Gasteiger partial charge >= 0.3 is 143 Å². The molecule has 5 heteroatoms. The van der Waals surface area contributed by atoms with Crippen LogP contribution in [0.2, 0.25) is 8.87 Å². The number of hydrogen-bond acceptors (Lipinski definition) is 4. The van der Waals surface area contributed by atoms with Crippen molar-refractivity contribution < 1.29 is 7.81 Å². The van der Waals surface area contributed by atoms with Gasteiger partial charge in [0.25, 0.3) is 0 Å². The Morgan fingerprint density at radius 3 is 2.09 bits per heavy atom. The number of unbranched alkanes of at least 4 members (excludes halogenated alkanes) is 2. The van der Waals surface area contributed by atoms with Crippen molar-refractivity contribution in [2.24, 2.45) is 4.99 Å². The van der Waals surface area contributed by atoms with Crippen molar-refractivity contribution in [1.29, 1.82) is 0 Å². The topological polar surface area (TPSA) is 30.8 Å². The molecule has 0 spiro atoms. The zero-order chi connectivity index (χ0) is 16.3. The molecule has 0 N–H and O–H groups in total. The van der Waals surface area contributed by atoms with Crippen LogP contribution in [0, 0.1) is 0 Å². The Kier molecular flexibility index (Phi) is 10.2. The third kappa shape index (κ3) is 6.92. The second-order valence-electron chi connectivity index (χ2n) is 5.34. The molecular formula is C17H29NO2SSn. The van der Waals surface area contributed by atoms with E-state index >= 15 is 0 Å². The number of nitrogens with zero attached hydrogens (tertiary/aromatic N) is 1. The molecule has 1 aromatic carbocycles. The van der Waals surface area contributed by atoms with E-state index in [2.05, 4.69) is 18.8 Å². The predicted octanol–water partition coefficient (Wildman–Crippen LogP) is 5.74. The van der Waals surface area contributed by atoms with Crippen molar-refractivity contribution in [3.63, 3.8) is 0 Å². The monoisotopic (exact) mass is 431 g/mol. The number of rotatable bonds is 9. The first-order valence-electron chi connectivity index (χ1n) is 8.11. The zero-order valence-electron chi connectivity index (χ0n) is 14.3. The first-order valence-corrected chi connectivity index (χ1v) is 17.6. The molecule has 3 nitrogen and oxygen atoms in total. The molecule has 0 radical (unpaired) electrons. The number of hydrogen-bond donors (Lipinski definition) is 0. The van der Waals surface area contributed by atoms with Crippen molar-refractivity contribution >= 4 is 37.3 Å². The molecule has 0 aliphatic heterocycles. The van der Waals surface area contributed by atoms with Crippen LogP contribution in [-0.2, 0) is 7.81 Å². The maximum absolute atomic E-state index is 6.12. The van der Waals surface area contributed by atoms with E-state index in [1.165, 1.54) is 34.6 Å². The molecule has 0 aliphatic carbocycles. The van der Waals surface area contributed by atoms with Gasteiger partial charge in [-0.2, -0.15) is 0 Å². The summed E-state index contributed by atoms with van der Waals surface area (Å²) in [5, 5.41) is 0.760. The van der Waals surface area contributed by atoms with Crippen molar-refractivity contribution in [3.8, 4) is 0 Å². The number of ether oxygens (including phenoxy) is 1. The predicted molar refractivity (Wildman–Crippen MR) is 100 cm³/mol. The Labute approximate surface area is 142 Å². The molecule has 0 aromatic heterocycles. The van der Waals surface area contributed by atoms with Crippen LogP contribution < -0.4 is 0 Å². The van der Waals surface area contributed by atoms with Crippen LogP contribution in [0.1, 0.15) is 39.5 Å². The first kappa shape index (κ1) is 19.8. The standard InChI is InChI=1S/C8H9NOS.2C4H9.CH3O.Sn/c1-10-8(11)9-7-5-3-2-4-6-7;2*1-3-4-2;1-2;/h2-6H,1H3,(H,9,11);2*1,3-4H2,2H3;1H3;/q;;;-1;+2/p-1. The Hall–Kier alpha value is -0.201. The van der Waals surface area contributed by atoms with E-state index in [1.54, 1.807) is 7.11 Å². The van der Waals surface area contributed by atoms with Gasteiger partial charge in [0, 0.05) is 0 Å². The molecule has 0 heterocycles. The van der Waals surface area contributed by atoms with Gasteiger partial charge in [-0.3, -0.25) is 0 Å². The summed E-state index contributed by atoms with van der Waals surface area (Å²) in [4.78, 5) is 4.66. The Morgan fingerprint density at radius 1 is 1.05 bits per heavy atom. The quantitative estimate of drug-likeness (QED) is 0.284. The summed E-state index contributed by atoms with van der Waals surface area (Å²) in [6, 6.07) is 10.00. The summed E-state index contributed by atoms with van der Waals surface area (Å²) in [5.41, 5.74) is 0.939. The summed E-state index contributed by atoms with van der Waals surface area (Å²) in [6.07, 6.45) is 4.91. The fourth-order valence-corrected chi connectivity index (χ4v) is 18.3. The van der Waals surface area contributed by atoms with Gasteiger partial charge in [0.05, 0.1) is 0 Å². The van der Waals surface area contributed by atoms with Crippen LogP contribution in [0.25, 0.3) is 0 Å². The molecular weight excluding hydrogens is 401 g/mol. The van der Waals surface area contributed by atoms with E-state index in [4.69, 9.17) is 7.81 Å². The molecule has 0 bridgehead atoms. The van der Waals surface area contributed by atoms with Gasteiger partial charge in [0.2, 0.25) is 0 Å². The second-order valence-corrected chi connectivity index (χ2v) is 21.9. The normalized spacial score (nSPS) is 12.5. The van der Waals surface area contributed by atoms with Gasteiger partial charge < -0.3 is 0 Å². The van der Waals surface area contributed by atoms with Crippen LogP contribution >= 0.6 is 8.95 Å². The first-order chi connectivity index (χ1) is 10.7. The summed E-state index contributed by atoms with van der Waals surface area (Å²) in [7, 11) is 5.43. The minimum absolute atomic E-state index is 0.760. The number of methoxy groups -OCH3 is 1. The molecule has 124 valence electrons. The maximum atomic E-state index is 6.12. The van der Waals surface area contributed by atoms with Crippen molar-refractivity contribution in [3.05, 3.63) is 30.3 Å². The molecule has 0 unspecified atom stereocenters. The van der Waals surface area contributed by atoms with Crippen LogP contribution in [0.5, 0.6) is 0 Å². The fourth-order valence-electron chi connectivity index (χ4n) is 2.24. The molecule has 0 fully saturated rings. The van der Waals surface area contributed by atoms with E-state index in [9.17, 15) is 0 Å². The van der Waals surface area contributed by atoms with Crippen LogP contribution in [0.4, 0.5) is 5.69 Å². The van der Waals surface area contributed by atoms with Gasteiger partial charge in [-0.1, -0.05) is 0 Å². The fraction of sp³-hybridized carbons (Fsp3) is 0.588. The number of aliphatic imine (C=N–C) groups is 1. The van der Waals surface area contributed by atoms with E-state index in [0.29, 0.717) is 0 Å². The summed E-state index contributed by atoms with van der Waals surface area (Å²) >= 11 is -2.73. The van der Waals surface area contributed by atoms with Gasteiger partial charge in [0.1, 0.15) is 0 Å². The molecule has 1 rings (SSSR count). The van der Waals surface area contributed by atoms with E-state index in [0.717, 1.165) is 10.9 Å². The third-order valence-corrected chi connectivity index (χ3v) is 21.5. The van der Waals surface area contributed by atoms with Gasteiger partial charge in [-0.25, -0.2) is 0 Å². The Balaban J connectivity index is 2.90. The SMILES string of the molecule is CCC[CH2][Sn]([CH2]CCC)([O]C)[S]C(=Nc1ccccc1)OC. The Bertz CT molecular complexity index is 432. The summed E-state index contributed by atoms with van der Waals surface area (Å²) in [5.74, 6) is 0. The van der Waals surface area contributed by atoms with Crippen LogP contribution in [-0.4, -0.2) is 36.9 Å².